The van der Waals surface area contributed by atoms with Crippen LogP contribution >= 0.6 is 0 Å². The van der Waals surface area contributed by atoms with Crippen LogP contribution in [0.5, 0.6) is 5.75 Å². The lowest BCUT2D eigenvalue weighted by atomic mass is 10.0. The van der Waals surface area contributed by atoms with E-state index in [9.17, 15) is 4.79 Å². The summed E-state index contributed by atoms with van der Waals surface area (Å²) >= 11 is 0. The fraction of sp³-hybridized carbons (Fsp3) is 0.200. The van der Waals surface area contributed by atoms with Crippen LogP contribution in [0.4, 0.5) is 0 Å². The van der Waals surface area contributed by atoms with E-state index < -0.39 is 18.1 Å². The molecule has 1 aliphatic heterocycles. The van der Waals surface area contributed by atoms with Gasteiger partial charge in [0.25, 0.3) is 0 Å². The van der Waals surface area contributed by atoms with Gasteiger partial charge in [0, 0.05) is 5.56 Å². The smallest absolute Gasteiger partial charge is 0.335 e. The van der Waals surface area contributed by atoms with Crippen molar-refractivity contribution in [3.05, 3.63) is 102 Å². The summed E-state index contributed by atoms with van der Waals surface area (Å²) in [7, 11) is 2.94. The van der Waals surface area contributed by atoms with E-state index in [0.717, 1.165) is 11.1 Å². The van der Waals surface area contributed by atoms with E-state index in [0.29, 0.717) is 11.6 Å². The first-order valence-electron chi connectivity index (χ1n) is 9.65. The average Bonchev–Trinajstić information content (AvgIpc) is 3.26. The van der Waals surface area contributed by atoms with Crippen LogP contribution in [0.25, 0.3) is 0 Å². The molecule has 3 aromatic rings. The number of ether oxygens (including phenoxy) is 3. The van der Waals surface area contributed by atoms with Crippen LogP contribution in [0, 0.1) is 6.92 Å². The number of rotatable bonds is 4. The second-order valence-electron chi connectivity index (χ2n) is 6.74. The summed E-state index contributed by atoms with van der Waals surface area (Å²) in [5, 5.41) is 0. The monoisotopic (exact) mass is 403 g/mol. The molecular weight excluding hydrogens is 378 g/mol. The van der Waals surface area contributed by atoms with Crippen molar-refractivity contribution in [2.45, 2.75) is 19.1 Å². The van der Waals surface area contributed by atoms with Crippen molar-refractivity contribution >= 4 is 11.9 Å². The molecule has 3 aromatic carbocycles. The Balaban J connectivity index is 0.000000310. The predicted molar refractivity (Wildman–Crippen MR) is 117 cm³/mol. The van der Waals surface area contributed by atoms with Crippen LogP contribution in [0.2, 0.25) is 0 Å². The topological polar surface area (TPSA) is 57.1 Å². The van der Waals surface area contributed by atoms with Crippen molar-refractivity contribution in [2.24, 2.45) is 4.99 Å². The van der Waals surface area contributed by atoms with E-state index >= 15 is 0 Å². The third kappa shape index (κ3) is 5.26. The zero-order valence-electron chi connectivity index (χ0n) is 17.3. The molecule has 1 aliphatic rings. The highest BCUT2D eigenvalue weighted by Gasteiger charge is 2.39. The molecule has 0 fully saturated rings. The summed E-state index contributed by atoms with van der Waals surface area (Å²) in [5.74, 6) is 0.709. The highest BCUT2D eigenvalue weighted by molar-refractivity contribution is 5.98. The van der Waals surface area contributed by atoms with Crippen molar-refractivity contribution < 1.29 is 19.0 Å². The van der Waals surface area contributed by atoms with Gasteiger partial charge in [-0.05, 0) is 36.8 Å². The summed E-state index contributed by atoms with van der Waals surface area (Å²) < 4.78 is 16.1. The normalized spacial score (nSPS) is 17.1. The molecule has 0 bridgehead atoms. The molecule has 2 atom stereocenters. The third-order valence-corrected chi connectivity index (χ3v) is 4.61. The largest absolute Gasteiger partial charge is 0.497 e. The molecule has 0 radical (unpaired) electrons. The van der Waals surface area contributed by atoms with E-state index in [4.69, 9.17) is 14.2 Å². The number of esters is 1. The van der Waals surface area contributed by atoms with E-state index in [1.165, 1.54) is 12.7 Å². The summed E-state index contributed by atoms with van der Waals surface area (Å²) in [4.78, 5) is 16.5. The standard InChI is InChI=1S/C18H17NO4.C7H8/c1-21-14-10-6-9-13(11-14)16-15(18(20)22-2)19-17(23-16)12-7-4-3-5-8-12;1-7-5-3-2-4-6-7/h3-11,15-16H,1-2H3;2-6H,1H3. The number of carbonyl (C=O) groups is 1. The maximum atomic E-state index is 12.1. The Morgan fingerprint density at radius 3 is 2.13 bits per heavy atom. The molecule has 0 N–H and O–H groups in total. The Bertz CT molecular complexity index is 986. The van der Waals surface area contributed by atoms with Crippen molar-refractivity contribution in [1.29, 1.82) is 0 Å². The summed E-state index contributed by atoms with van der Waals surface area (Å²) in [6, 6.07) is 26.4. The lowest BCUT2D eigenvalue weighted by Crippen LogP contribution is -2.25. The van der Waals surface area contributed by atoms with Gasteiger partial charge in [-0.15, -0.1) is 0 Å². The quantitative estimate of drug-likeness (QED) is 0.590. The first-order valence-corrected chi connectivity index (χ1v) is 9.65. The second kappa shape index (κ2) is 10.3. The van der Waals surface area contributed by atoms with Gasteiger partial charge in [-0.2, -0.15) is 0 Å². The van der Waals surface area contributed by atoms with Crippen LogP contribution in [0.15, 0.2) is 89.9 Å². The maximum Gasteiger partial charge on any atom is 0.335 e. The molecule has 154 valence electrons. The minimum atomic E-state index is -0.734. The van der Waals surface area contributed by atoms with Gasteiger partial charge >= 0.3 is 5.97 Å². The number of carbonyl (C=O) groups excluding carboxylic acids is 1. The van der Waals surface area contributed by atoms with Crippen molar-refractivity contribution in [3.8, 4) is 5.75 Å². The Hall–Kier alpha value is -3.60. The molecule has 0 aromatic heterocycles. The van der Waals surface area contributed by atoms with Crippen LogP contribution in [0.1, 0.15) is 22.8 Å². The molecule has 0 aliphatic carbocycles. The van der Waals surface area contributed by atoms with Crippen LogP contribution in [-0.2, 0) is 14.3 Å². The first-order chi connectivity index (χ1) is 14.6. The van der Waals surface area contributed by atoms with Crippen molar-refractivity contribution in [2.75, 3.05) is 14.2 Å². The number of aliphatic imine (C=N–C) groups is 1. The predicted octanol–water partition coefficient (Wildman–Crippen LogP) is 4.75. The molecule has 5 heteroatoms. The summed E-state index contributed by atoms with van der Waals surface area (Å²) in [6.07, 6.45) is -0.534. The van der Waals surface area contributed by atoms with Gasteiger partial charge in [-0.3, -0.25) is 0 Å². The Morgan fingerprint density at radius 1 is 0.900 bits per heavy atom. The molecular formula is C25H25NO4. The van der Waals surface area contributed by atoms with E-state index in [-0.39, 0.29) is 0 Å². The highest BCUT2D eigenvalue weighted by atomic mass is 16.5. The molecule has 4 rings (SSSR count). The first kappa shape index (κ1) is 21.1. The van der Waals surface area contributed by atoms with Crippen molar-refractivity contribution in [1.82, 2.24) is 0 Å². The Labute approximate surface area is 176 Å². The fourth-order valence-corrected chi connectivity index (χ4v) is 3.03. The van der Waals surface area contributed by atoms with Gasteiger partial charge in [0.15, 0.2) is 12.1 Å². The molecule has 30 heavy (non-hydrogen) atoms. The third-order valence-electron chi connectivity index (χ3n) is 4.61. The van der Waals surface area contributed by atoms with Gasteiger partial charge in [0.1, 0.15) is 5.75 Å². The molecule has 5 nitrogen and oxygen atoms in total. The number of hydrogen-bond donors (Lipinski definition) is 0. The Kier molecular flexibility index (Phi) is 7.22. The number of hydrogen-bond acceptors (Lipinski definition) is 5. The molecule has 0 saturated heterocycles. The zero-order valence-corrected chi connectivity index (χ0v) is 17.3. The van der Waals surface area contributed by atoms with Gasteiger partial charge in [-0.1, -0.05) is 66.2 Å². The van der Waals surface area contributed by atoms with E-state index in [1.807, 2.05) is 72.8 Å². The van der Waals surface area contributed by atoms with Gasteiger partial charge in [-0.25, -0.2) is 9.79 Å². The van der Waals surface area contributed by atoms with E-state index in [2.05, 4.69) is 24.0 Å². The highest BCUT2D eigenvalue weighted by Crippen LogP contribution is 2.33. The molecule has 2 unspecified atom stereocenters. The van der Waals surface area contributed by atoms with Crippen LogP contribution in [0.3, 0.4) is 0 Å². The summed E-state index contributed by atoms with van der Waals surface area (Å²) in [6.45, 7) is 2.08. The molecule has 1 heterocycles. The lowest BCUT2D eigenvalue weighted by molar-refractivity contribution is -0.143. The number of aryl methyl sites for hydroxylation is 1. The minimum Gasteiger partial charge on any atom is -0.497 e. The SMILES string of the molecule is COC(=O)C1N=C(c2ccccc2)OC1c1cccc(OC)c1.Cc1ccccc1. The van der Waals surface area contributed by atoms with Gasteiger partial charge in [0.05, 0.1) is 14.2 Å². The minimum absolute atomic E-state index is 0.427. The van der Waals surface area contributed by atoms with Crippen molar-refractivity contribution in [3.63, 3.8) is 0 Å². The van der Waals surface area contributed by atoms with Gasteiger partial charge < -0.3 is 14.2 Å². The summed E-state index contributed by atoms with van der Waals surface area (Å²) in [5.41, 5.74) is 2.96. The maximum absolute atomic E-state index is 12.1. The number of nitrogens with zero attached hydrogens (tertiary/aromatic N) is 1. The Morgan fingerprint density at radius 2 is 1.57 bits per heavy atom. The number of benzene rings is 3. The molecule has 0 spiro atoms. The van der Waals surface area contributed by atoms with Gasteiger partial charge in [0.2, 0.25) is 5.90 Å². The second-order valence-corrected chi connectivity index (χ2v) is 6.74. The lowest BCUT2D eigenvalue weighted by Gasteiger charge is -2.17. The number of methoxy groups -OCH3 is 2. The van der Waals surface area contributed by atoms with Crippen LogP contribution in [-0.4, -0.2) is 32.1 Å². The fourth-order valence-electron chi connectivity index (χ4n) is 3.03. The zero-order chi connectivity index (χ0) is 21.3. The average molecular weight is 403 g/mol. The molecule has 0 saturated carbocycles. The van der Waals surface area contributed by atoms with Crippen LogP contribution < -0.4 is 4.74 Å². The molecule has 0 amide bonds. The van der Waals surface area contributed by atoms with E-state index in [1.54, 1.807) is 7.11 Å².